The molecule has 0 aliphatic rings. The maximum Gasteiger partial charge on any atom is 0.130 e. The van der Waals surface area contributed by atoms with Crippen LogP contribution in [0.3, 0.4) is 0 Å². The number of aryl methyl sites for hydroxylation is 2. The molecule has 3 rings (SSSR count). The van der Waals surface area contributed by atoms with Gasteiger partial charge in [0.05, 0.1) is 16.0 Å². The van der Waals surface area contributed by atoms with E-state index in [0.717, 1.165) is 17.7 Å². The van der Waals surface area contributed by atoms with Crippen LogP contribution in [-0.2, 0) is 10.8 Å². The Morgan fingerprint density at radius 2 is 1.65 bits per heavy atom. The maximum absolute atomic E-state index is 14.5. The predicted octanol–water partition coefficient (Wildman–Crippen LogP) is 4.46. The predicted molar refractivity (Wildman–Crippen MR) is 99.2 cm³/mol. The third-order valence-corrected chi connectivity index (χ3v) is 5.83. The number of aromatic nitrogens is 1. The van der Waals surface area contributed by atoms with Crippen LogP contribution in [-0.4, -0.2) is 9.19 Å². The van der Waals surface area contributed by atoms with Gasteiger partial charge in [0, 0.05) is 16.7 Å². The zero-order chi connectivity index (χ0) is 18.8. The van der Waals surface area contributed by atoms with Crippen molar-refractivity contribution in [1.29, 1.82) is 0 Å². The lowest BCUT2D eigenvalue weighted by Gasteiger charge is -2.21. The fourth-order valence-electron chi connectivity index (χ4n) is 2.79. The molecule has 0 bridgehead atoms. The van der Waals surface area contributed by atoms with E-state index in [0.29, 0.717) is 16.0 Å². The van der Waals surface area contributed by atoms with E-state index in [4.69, 9.17) is 5.73 Å². The number of rotatable bonds is 4. The second-order valence-corrected chi connectivity index (χ2v) is 7.63. The molecule has 0 radical (unpaired) electrons. The summed E-state index contributed by atoms with van der Waals surface area (Å²) < 4.78 is 42.4. The Balaban J connectivity index is 2.24. The Bertz CT molecular complexity index is 954. The topological polar surface area (TPSA) is 56.0 Å². The van der Waals surface area contributed by atoms with Crippen LogP contribution in [0.25, 0.3) is 0 Å². The molecule has 0 aliphatic carbocycles. The monoisotopic (exact) mass is 372 g/mol. The van der Waals surface area contributed by atoms with Gasteiger partial charge in [-0.1, -0.05) is 23.8 Å². The van der Waals surface area contributed by atoms with E-state index in [9.17, 15) is 13.0 Å². The van der Waals surface area contributed by atoms with Crippen molar-refractivity contribution < 1.29 is 13.0 Å². The fourth-order valence-corrected chi connectivity index (χ4v) is 4.39. The molecule has 0 saturated carbocycles. The molecule has 1 aromatic heterocycles. The summed E-state index contributed by atoms with van der Waals surface area (Å²) in [6.07, 6.45) is 1.52. The first kappa shape index (κ1) is 18.2. The van der Waals surface area contributed by atoms with Gasteiger partial charge in [-0.05, 0) is 55.3 Å². The van der Waals surface area contributed by atoms with Crippen LogP contribution in [0, 0.1) is 25.5 Å². The number of anilines is 1. The van der Waals surface area contributed by atoms with E-state index < -0.39 is 27.7 Å². The SMILES string of the molecule is Cc1ccc(S(=O)C(c2cc(N)ncc2C)c2c(F)cccc2F)cc1. The molecule has 0 saturated heterocycles. The minimum Gasteiger partial charge on any atom is -0.384 e. The van der Waals surface area contributed by atoms with E-state index in [1.54, 1.807) is 19.1 Å². The van der Waals surface area contributed by atoms with Crippen molar-refractivity contribution in [2.75, 3.05) is 5.73 Å². The number of nitrogens with two attached hydrogens (primary N) is 1. The molecule has 0 spiro atoms. The first-order chi connectivity index (χ1) is 12.4. The lowest BCUT2D eigenvalue weighted by molar-refractivity contribution is 0.557. The van der Waals surface area contributed by atoms with Gasteiger partial charge in [0.2, 0.25) is 0 Å². The molecule has 0 aliphatic heterocycles. The minimum absolute atomic E-state index is 0.202. The lowest BCUT2D eigenvalue weighted by Crippen LogP contribution is -2.15. The number of pyridine rings is 1. The number of benzene rings is 2. The molecule has 3 aromatic rings. The Hall–Kier alpha value is -2.60. The number of halogens is 2. The quantitative estimate of drug-likeness (QED) is 0.736. The van der Waals surface area contributed by atoms with Gasteiger partial charge in [-0.3, -0.25) is 4.21 Å². The molecular formula is C20H18F2N2OS. The molecule has 134 valence electrons. The highest BCUT2D eigenvalue weighted by molar-refractivity contribution is 7.85. The van der Waals surface area contributed by atoms with Crippen molar-refractivity contribution in [2.45, 2.75) is 24.0 Å². The first-order valence-electron chi connectivity index (χ1n) is 8.01. The second kappa shape index (κ2) is 7.33. The van der Waals surface area contributed by atoms with Crippen molar-refractivity contribution in [2.24, 2.45) is 0 Å². The van der Waals surface area contributed by atoms with Crippen molar-refractivity contribution in [3.8, 4) is 0 Å². The average molecular weight is 372 g/mol. The van der Waals surface area contributed by atoms with Crippen LogP contribution in [0.2, 0.25) is 0 Å². The third-order valence-electron chi connectivity index (χ3n) is 4.18. The molecule has 1 heterocycles. The standard InChI is InChI=1S/C20H18F2N2OS/c1-12-6-8-14(9-7-12)26(25)20(15-10-18(23)24-11-13(15)2)19-16(21)4-3-5-17(19)22/h3-11,20H,1-2H3,(H2,23,24). The smallest absolute Gasteiger partial charge is 0.130 e. The van der Waals surface area contributed by atoms with Gasteiger partial charge in [-0.2, -0.15) is 0 Å². The van der Waals surface area contributed by atoms with E-state index >= 15 is 0 Å². The fraction of sp³-hybridized carbons (Fsp3) is 0.150. The van der Waals surface area contributed by atoms with E-state index in [2.05, 4.69) is 4.98 Å². The van der Waals surface area contributed by atoms with Crippen LogP contribution in [0.15, 0.2) is 59.6 Å². The van der Waals surface area contributed by atoms with Gasteiger partial charge in [-0.25, -0.2) is 13.8 Å². The van der Waals surface area contributed by atoms with Gasteiger partial charge < -0.3 is 5.73 Å². The van der Waals surface area contributed by atoms with Gasteiger partial charge in [-0.15, -0.1) is 0 Å². The zero-order valence-corrected chi connectivity index (χ0v) is 15.2. The Labute approximate surface area is 153 Å². The molecule has 2 N–H and O–H groups in total. The summed E-state index contributed by atoms with van der Waals surface area (Å²) in [5, 5.41) is -1.04. The number of hydrogen-bond donors (Lipinski definition) is 1. The zero-order valence-electron chi connectivity index (χ0n) is 14.4. The Morgan fingerprint density at radius 3 is 2.27 bits per heavy atom. The summed E-state index contributed by atoms with van der Waals surface area (Å²) in [5.41, 5.74) is 7.69. The van der Waals surface area contributed by atoms with Crippen LogP contribution in [0.5, 0.6) is 0 Å². The highest BCUT2D eigenvalue weighted by Gasteiger charge is 2.30. The molecule has 2 aromatic carbocycles. The average Bonchev–Trinajstić information content (AvgIpc) is 2.61. The highest BCUT2D eigenvalue weighted by atomic mass is 32.2. The molecular weight excluding hydrogens is 354 g/mol. The molecule has 0 amide bonds. The summed E-state index contributed by atoms with van der Waals surface area (Å²) in [4.78, 5) is 4.48. The van der Waals surface area contributed by atoms with Gasteiger partial charge in [0.15, 0.2) is 0 Å². The minimum atomic E-state index is -1.73. The largest absolute Gasteiger partial charge is 0.384 e. The summed E-state index contributed by atoms with van der Waals surface area (Å²) in [5.74, 6) is -1.29. The Kier molecular flexibility index (Phi) is 5.13. The molecule has 6 heteroatoms. The maximum atomic E-state index is 14.5. The number of hydrogen-bond acceptors (Lipinski definition) is 3. The summed E-state index contributed by atoms with van der Waals surface area (Å²) in [6.45, 7) is 3.66. The second-order valence-electron chi connectivity index (χ2n) is 6.09. The molecule has 0 fully saturated rings. The van der Waals surface area contributed by atoms with E-state index in [-0.39, 0.29) is 11.4 Å². The van der Waals surface area contributed by atoms with Crippen LogP contribution < -0.4 is 5.73 Å². The van der Waals surface area contributed by atoms with Crippen molar-refractivity contribution >= 4 is 16.6 Å². The highest BCUT2D eigenvalue weighted by Crippen LogP contribution is 2.37. The van der Waals surface area contributed by atoms with E-state index in [1.165, 1.54) is 18.3 Å². The van der Waals surface area contributed by atoms with Crippen molar-refractivity contribution in [3.63, 3.8) is 0 Å². The molecule has 2 unspecified atom stereocenters. The summed E-state index contributed by atoms with van der Waals surface area (Å²) in [6, 6.07) is 12.2. The Morgan fingerprint density at radius 1 is 1.04 bits per heavy atom. The first-order valence-corrected chi connectivity index (χ1v) is 9.23. The lowest BCUT2D eigenvalue weighted by atomic mass is 10.0. The molecule has 3 nitrogen and oxygen atoms in total. The van der Waals surface area contributed by atoms with Crippen LogP contribution in [0.4, 0.5) is 14.6 Å². The van der Waals surface area contributed by atoms with Crippen LogP contribution in [0.1, 0.15) is 27.5 Å². The normalized spacial score (nSPS) is 13.4. The molecule has 26 heavy (non-hydrogen) atoms. The van der Waals surface area contributed by atoms with Crippen molar-refractivity contribution in [3.05, 3.63) is 88.6 Å². The summed E-state index contributed by atoms with van der Waals surface area (Å²) in [7, 11) is -1.73. The van der Waals surface area contributed by atoms with Gasteiger partial charge in [0.25, 0.3) is 0 Å². The third kappa shape index (κ3) is 3.51. The number of nitrogens with zero attached hydrogens (tertiary/aromatic N) is 1. The van der Waals surface area contributed by atoms with Crippen LogP contribution >= 0.6 is 0 Å². The van der Waals surface area contributed by atoms with E-state index in [1.807, 2.05) is 19.1 Å². The summed E-state index contributed by atoms with van der Waals surface area (Å²) >= 11 is 0. The van der Waals surface area contributed by atoms with Gasteiger partial charge in [0.1, 0.15) is 17.5 Å². The van der Waals surface area contributed by atoms with Gasteiger partial charge >= 0.3 is 0 Å². The molecule has 2 atom stereocenters. The van der Waals surface area contributed by atoms with Crippen molar-refractivity contribution in [1.82, 2.24) is 4.98 Å². The number of nitrogen functional groups attached to an aromatic ring is 1.